The average Bonchev–Trinajstić information content (AvgIpc) is 3.02. The number of anilines is 1. The van der Waals surface area contributed by atoms with Gasteiger partial charge in [-0.2, -0.15) is 0 Å². The van der Waals surface area contributed by atoms with Gasteiger partial charge in [-0.1, -0.05) is 102 Å². The van der Waals surface area contributed by atoms with Crippen molar-refractivity contribution in [1.29, 1.82) is 0 Å². The van der Waals surface area contributed by atoms with Crippen LogP contribution in [0.3, 0.4) is 0 Å². The van der Waals surface area contributed by atoms with Crippen LogP contribution in [0.2, 0.25) is 15.1 Å². The normalized spacial score (nSPS) is 12.7. The number of sulfonamides is 1. The minimum absolute atomic E-state index is 0.00789. The molecule has 11 heteroatoms. The molecule has 0 heterocycles. The Labute approximate surface area is 286 Å². The standard InChI is InChI=1S/C35H36Cl3N3O4S/c1-4-25(3)39-35(43)33(19-26-9-6-5-7-10-26)40(22-27-15-16-29(37)21-32(27)38)34(42)23-41(30-12-8-11-28(36)20-30)46(44,45)31-17-13-24(2)14-18-31/h5-18,20-21,25,33H,4,19,22-23H2,1-3H3,(H,39,43)/t25-,33-/m1/s1. The molecule has 4 aromatic rings. The zero-order valence-corrected chi connectivity index (χ0v) is 28.9. The highest BCUT2D eigenvalue weighted by molar-refractivity contribution is 7.92. The summed E-state index contributed by atoms with van der Waals surface area (Å²) in [5.41, 5.74) is 2.45. The molecule has 0 aliphatic heterocycles. The molecular weight excluding hydrogens is 665 g/mol. The van der Waals surface area contributed by atoms with Crippen molar-refractivity contribution in [3.8, 4) is 0 Å². The lowest BCUT2D eigenvalue weighted by Crippen LogP contribution is -2.54. The van der Waals surface area contributed by atoms with Crippen LogP contribution >= 0.6 is 34.8 Å². The number of nitrogens with one attached hydrogen (secondary N) is 1. The number of halogens is 3. The van der Waals surface area contributed by atoms with Crippen molar-refractivity contribution in [3.63, 3.8) is 0 Å². The molecule has 2 atom stereocenters. The van der Waals surface area contributed by atoms with Crippen molar-refractivity contribution in [3.05, 3.63) is 129 Å². The third kappa shape index (κ3) is 9.04. The summed E-state index contributed by atoms with van der Waals surface area (Å²) >= 11 is 19.0. The number of rotatable bonds is 13. The summed E-state index contributed by atoms with van der Waals surface area (Å²) in [7, 11) is -4.25. The molecule has 0 radical (unpaired) electrons. The molecule has 0 spiro atoms. The second kappa shape index (κ2) is 15.8. The van der Waals surface area contributed by atoms with E-state index in [0.29, 0.717) is 27.1 Å². The molecule has 0 saturated carbocycles. The molecule has 1 N–H and O–H groups in total. The summed E-state index contributed by atoms with van der Waals surface area (Å²) in [6, 6.07) is 25.7. The minimum atomic E-state index is -4.25. The molecule has 242 valence electrons. The van der Waals surface area contributed by atoms with Gasteiger partial charge in [-0.3, -0.25) is 13.9 Å². The van der Waals surface area contributed by atoms with E-state index >= 15 is 0 Å². The predicted octanol–water partition coefficient (Wildman–Crippen LogP) is 7.71. The lowest BCUT2D eigenvalue weighted by atomic mass is 10.0. The van der Waals surface area contributed by atoms with E-state index in [2.05, 4.69) is 5.32 Å². The quantitative estimate of drug-likeness (QED) is 0.155. The molecule has 2 amide bonds. The van der Waals surface area contributed by atoms with E-state index in [1.165, 1.54) is 23.1 Å². The van der Waals surface area contributed by atoms with Gasteiger partial charge in [-0.15, -0.1) is 0 Å². The molecule has 4 rings (SSSR count). The van der Waals surface area contributed by atoms with Gasteiger partial charge in [0.15, 0.2) is 0 Å². The summed E-state index contributed by atoms with van der Waals surface area (Å²) in [4.78, 5) is 29.9. The molecule has 0 fully saturated rings. The molecule has 0 aromatic heterocycles. The smallest absolute Gasteiger partial charge is 0.264 e. The first-order valence-corrected chi connectivity index (χ1v) is 17.4. The van der Waals surface area contributed by atoms with Gasteiger partial charge in [0.2, 0.25) is 11.8 Å². The van der Waals surface area contributed by atoms with Crippen LogP contribution in [0.5, 0.6) is 0 Å². The number of aryl methyl sites for hydroxylation is 1. The van der Waals surface area contributed by atoms with Crippen LogP contribution in [0.15, 0.2) is 102 Å². The third-order valence-corrected chi connectivity index (χ3v) is 10.2. The largest absolute Gasteiger partial charge is 0.352 e. The van der Waals surface area contributed by atoms with E-state index in [0.717, 1.165) is 15.4 Å². The number of carbonyl (C=O) groups is 2. The monoisotopic (exact) mass is 699 g/mol. The summed E-state index contributed by atoms with van der Waals surface area (Å²) in [6.07, 6.45) is 0.861. The van der Waals surface area contributed by atoms with Crippen LogP contribution in [0.4, 0.5) is 5.69 Å². The average molecular weight is 701 g/mol. The van der Waals surface area contributed by atoms with E-state index in [1.807, 2.05) is 51.1 Å². The van der Waals surface area contributed by atoms with Crippen molar-refractivity contribution in [1.82, 2.24) is 10.2 Å². The van der Waals surface area contributed by atoms with Gasteiger partial charge in [0.05, 0.1) is 10.6 Å². The summed E-state index contributed by atoms with van der Waals surface area (Å²) in [5, 5.41) is 4.04. The van der Waals surface area contributed by atoms with Crippen molar-refractivity contribution >= 4 is 62.3 Å². The molecule has 0 saturated heterocycles. The van der Waals surface area contributed by atoms with Crippen molar-refractivity contribution < 1.29 is 18.0 Å². The molecular formula is C35H36Cl3N3O4S. The van der Waals surface area contributed by atoms with Crippen LogP contribution < -0.4 is 9.62 Å². The zero-order valence-electron chi connectivity index (χ0n) is 25.8. The molecule has 7 nitrogen and oxygen atoms in total. The second-order valence-electron chi connectivity index (χ2n) is 11.1. The van der Waals surface area contributed by atoms with Crippen molar-refractivity contribution in [2.24, 2.45) is 0 Å². The maximum Gasteiger partial charge on any atom is 0.264 e. The highest BCUT2D eigenvalue weighted by Crippen LogP contribution is 2.28. The molecule has 0 aliphatic carbocycles. The van der Waals surface area contributed by atoms with Crippen molar-refractivity contribution in [2.75, 3.05) is 10.8 Å². The van der Waals surface area contributed by atoms with Crippen LogP contribution in [0.1, 0.15) is 37.0 Å². The highest BCUT2D eigenvalue weighted by Gasteiger charge is 2.35. The summed E-state index contributed by atoms with van der Waals surface area (Å²) < 4.78 is 29.3. The Hall–Kier alpha value is -3.56. The van der Waals surface area contributed by atoms with Gasteiger partial charge in [0.25, 0.3) is 10.0 Å². The first-order chi connectivity index (χ1) is 21.9. The Balaban J connectivity index is 1.83. The fourth-order valence-electron chi connectivity index (χ4n) is 4.83. The Morgan fingerprint density at radius 3 is 2.15 bits per heavy atom. The van der Waals surface area contributed by atoms with E-state index in [4.69, 9.17) is 34.8 Å². The number of carbonyl (C=O) groups excluding carboxylic acids is 2. The van der Waals surface area contributed by atoms with Crippen LogP contribution in [0, 0.1) is 6.92 Å². The topological polar surface area (TPSA) is 86.8 Å². The fraction of sp³-hybridized carbons (Fsp3) is 0.257. The van der Waals surface area contributed by atoms with Crippen LogP contribution in [0.25, 0.3) is 0 Å². The van der Waals surface area contributed by atoms with Crippen molar-refractivity contribution in [2.45, 2.75) is 57.1 Å². The maximum absolute atomic E-state index is 14.6. The molecule has 4 aromatic carbocycles. The Morgan fingerprint density at radius 1 is 0.848 bits per heavy atom. The SMILES string of the molecule is CC[C@@H](C)NC(=O)[C@@H](Cc1ccccc1)N(Cc1ccc(Cl)cc1Cl)C(=O)CN(c1cccc(Cl)c1)S(=O)(=O)c1ccc(C)cc1. The highest BCUT2D eigenvalue weighted by atomic mass is 35.5. The Morgan fingerprint density at radius 2 is 1.52 bits per heavy atom. The molecule has 0 bridgehead atoms. The summed E-state index contributed by atoms with van der Waals surface area (Å²) in [5.74, 6) is -0.978. The predicted molar refractivity (Wildman–Crippen MR) is 186 cm³/mol. The lowest BCUT2D eigenvalue weighted by Gasteiger charge is -2.34. The Bertz CT molecular complexity index is 1770. The van der Waals surface area contributed by atoms with E-state index in [9.17, 15) is 18.0 Å². The number of hydrogen-bond donors (Lipinski definition) is 1. The first-order valence-electron chi connectivity index (χ1n) is 14.8. The zero-order chi connectivity index (χ0) is 33.4. The molecule has 0 aliphatic rings. The van der Waals surface area contributed by atoms with Gasteiger partial charge in [0.1, 0.15) is 12.6 Å². The lowest BCUT2D eigenvalue weighted by molar-refractivity contribution is -0.140. The summed E-state index contributed by atoms with van der Waals surface area (Å²) in [6.45, 7) is 5.00. The fourth-order valence-corrected chi connectivity index (χ4v) is 6.88. The minimum Gasteiger partial charge on any atom is -0.352 e. The third-order valence-electron chi connectivity index (χ3n) is 7.61. The number of amides is 2. The number of benzene rings is 4. The van der Waals surface area contributed by atoms with E-state index < -0.39 is 28.5 Å². The first kappa shape index (κ1) is 35.3. The van der Waals surface area contributed by atoms with Gasteiger partial charge in [0, 0.05) is 34.1 Å². The van der Waals surface area contributed by atoms with Gasteiger partial charge in [-0.25, -0.2) is 8.42 Å². The van der Waals surface area contributed by atoms with Crippen LogP contribution in [-0.2, 0) is 32.6 Å². The number of hydrogen-bond acceptors (Lipinski definition) is 4. The van der Waals surface area contributed by atoms with Gasteiger partial charge in [-0.05, 0) is 73.9 Å². The molecule has 0 unspecified atom stereocenters. The van der Waals surface area contributed by atoms with E-state index in [-0.39, 0.29) is 35.5 Å². The second-order valence-corrected chi connectivity index (χ2v) is 14.2. The van der Waals surface area contributed by atoms with Gasteiger partial charge < -0.3 is 10.2 Å². The Kier molecular flexibility index (Phi) is 12.1. The van der Waals surface area contributed by atoms with Crippen LogP contribution in [-0.4, -0.2) is 43.8 Å². The van der Waals surface area contributed by atoms with Gasteiger partial charge >= 0.3 is 0 Å². The number of nitrogens with zero attached hydrogens (tertiary/aromatic N) is 2. The maximum atomic E-state index is 14.6. The van der Waals surface area contributed by atoms with E-state index in [1.54, 1.807) is 48.5 Å². The molecule has 46 heavy (non-hydrogen) atoms.